The molecule has 1 saturated heterocycles. The summed E-state index contributed by atoms with van der Waals surface area (Å²) in [5, 5.41) is 13.7. The Morgan fingerprint density at radius 3 is 2.79 bits per heavy atom. The first kappa shape index (κ1) is 19.7. The summed E-state index contributed by atoms with van der Waals surface area (Å²) in [6.07, 6.45) is 0.985. The molecule has 1 amide bonds. The van der Waals surface area contributed by atoms with Gasteiger partial charge in [0.2, 0.25) is 11.1 Å². The molecule has 0 spiro atoms. The molecular weight excluding hydrogens is 410 g/mol. The highest BCUT2D eigenvalue weighted by atomic mass is 32.2. The third kappa shape index (κ3) is 4.54. The van der Waals surface area contributed by atoms with Crippen LogP contribution >= 0.6 is 11.8 Å². The molecule has 2 aromatic carbocycles. The van der Waals surface area contributed by atoms with Crippen molar-refractivity contribution in [3.8, 4) is 0 Å². The number of nitrogens with one attached hydrogen (secondary N) is 1. The van der Waals surface area contributed by atoms with Gasteiger partial charge in [-0.25, -0.2) is 13.1 Å². The first-order valence-electron chi connectivity index (χ1n) is 9.20. The number of sulfone groups is 1. The molecule has 1 fully saturated rings. The van der Waals surface area contributed by atoms with Crippen LogP contribution in [0.1, 0.15) is 17.8 Å². The molecule has 1 aromatic heterocycles. The molecule has 0 bridgehead atoms. The van der Waals surface area contributed by atoms with E-state index in [4.69, 9.17) is 5.84 Å². The van der Waals surface area contributed by atoms with Crippen molar-refractivity contribution in [3.63, 3.8) is 0 Å². The van der Waals surface area contributed by atoms with Gasteiger partial charge in [-0.05, 0) is 22.8 Å². The summed E-state index contributed by atoms with van der Waals surface area (Å²) < 4.78 is 24.4. The summed E-state index contributed by atoms with van der Waals surface area (Å²) in [5.74, 6) is 6.73. The van der Waals surface area contributed by atoms with E-state index in [9.17, 15) is 13.2 Å². The average Bonchev–Trinajstić information content (AvgIpc) is 3.22. The number of benzene rings is 2. The van der Waals surface area contributed by atoms with Crippen LogP contribution in [0.15, 0.2) is 47.6 Å². The summed E-state index contributed by atoms with van der Waals surface area (Å²) in [4.78, 5) is 12.1. The van der Waals surface area contributed by atoms with Gasteiger partial charge in [0.15, 0.2) is 15.7 Å². The molecule has 29 heavy (non-hydrogen) atoms. The quantitative estimate of drug-likeness (QED) is 0.443. The van der Waals surface area contributed by atoms with Gasteiger partial charge in [-0.2, -0.15) is 0 Å². The third-order valence-electron chi connectivity index (χ3n) is 4.89. The minimum atomic E-state index is -3.03. The van der Waals surface area contributed by atoms with Crippen LogP contribution in [0, 0.1) is 0 Å². The maximum absolute atomic E-state index is 12.1. The van der Waals surface area contributed by atoms with Crippen molar-refractivity contribution in [2.75, 3.05) is 23.1 Å². The fourth-order valence-electron chi connectivity index (χ4n) is 3.45. The van der Waals surface area contributed by atoms with E-state index in [0.29, 0.717) is 23.8 Å². The molecule has 8 nitrogen and oxygen atoms in total. The van der Waals surface area contributed by atoms with Crippen LogP contribution < -0.4 is 11.2 Å². The van der Waals surface area contributed by atoms with E-state index in [1.54, 1.807) is 0 Å². The fraction of sp³-hybridized carbons (Fsp3) is 0.316. The standard InChI is InChI=1S/C19H21N5O3S2/c20-24-17(10-14-6-3-5-13-4-1-2-7-16(13)14)22-23-19(24)28-11-18(25)21-15-8-9-29(26,27)12-15/h1-7,15H,8-12,20H2,(H,21,25)/t15-/m0/s1. The Morgan fingerprint density at radius 2 is 2.00 bits per heavy atom. The summed E-state index contributed by atoms with van der Waals surface area (Å²) in [6, 6.07) is 13.9. The van der Waals surface area contributed by atoms with Gasteiger partial charge in [0.25, 0.3) is 0 Å². The second kappa shape index (κ2) is 8.03. The molecule has 1 atom stereocenters. The van der Waals surface area contributed by atoms with Crippen LogP contribution in [0.25, 0.3) is 10.8 Å². The van der Waals surface area contributed by atoms with Crippen molar-refractivity contribution in [2.24, 2.45) is 0 Å². The van der Waals surface area contributed by atoms with Gasteiger partial charge in [0.05, 0.1) is 17.3 Å². The van der Waals surface area contributed by atoms with E-state index in [0.717, 1.165) is 16.3 Å². The smallest absolute Gasteiger partial charge is 0.230 e. The van der Waals surface area contributed by atoms with Crippen LogP contribution in [0.3, 0.4) is 0 Å². The van der Waals surface area contributed by atoms with Crippen LogP contribution in [0.4, 0.5) is 0 Å². The van der Waals surface area contributed by atoms with E-state index in [1.807, 2.05) is 24.3 Å². The van der Waals surface area contributed by atoms with Crippen molar-refractivity contribution in [1.82, 2.24) is 20.2 Å². The van der Waals surface area contributed by atoms with Crippen molar-refractivity contribution in [1.29, 1.82) is 0 Å². The summed E-state index contributed by atoms with van der Waals surface area (Å²) in [6.45, 7) is 0. The number of thioether (sulfide) groups is 1. The Kier molecular flexibility index (Phi) is 5.46. The number of hydrogen-bond acceptors (Lipinski definition) is 7. The lowest BCUT2D eigenvalue weighted by molar-refractivity contribution is -0.119. The van der Waals surface area contributed by atoms with Crippen LogP contribution in [-0.4, -0.2) is 52.5 Å². The molecule has 1 aliphatic rings. The van der Waals surface area contributed by atoms with Gasteiger partial charge in [-0.15, -0.1) is 10.2 Å². The van der Waals surface area contributed by atoms with Gasteiger partial charge < -0.3 is 11.2 Å². The number of carbonyl (C=O) groups is 1. The minimum absolute atomic E-state index is 0.00561. The third-order valence-corrected chi connectivity index (χ3v) is 7.60. The predicted octanol–water partition coefficient (Wildman–Crippen LogP) is 1.13. The highest BCUT2D eigenvalue weighted by Crippen LogP contribution is 2.22. The Balaban J connectivity index is 1.39. The SMILES string of the molecule is Nn1c(Cc2cccc3ccccc23)nnc1SCC(=O)N[C@H]1CCS(=O)(=O)C1. The molecule has 3 aromatic rings. The highest BCUT2D eigenvalue weighted by Gasteiger charge is 2.29. The molecule has 4 rings (SSSR count). The number of hydrogen-bond donors (Lipinski definition) is 2. The summed E-state index contributed by atoms with van der Waals surface area (Å²) >= 11 is 1.18. The number of nitrogen functional groups attached to an aromatic ring is 1. The lowest BCUT2D eigenvalue weighted by Gasteiger charge is -2.10. The molecular formula is C19H21N5O3S2. The van der Waals surface area contributed by atoms with Gasteiger partial charge in [-0.1, -0.05) is 54.2 Å². The van der Waals surface area contributed by atoms with E-state index in [2.05, 4.69) is 33.7 Å². The Labute approximate surface area is 172 Å². The maximum Gasteiger partial charge on any atom is 0.230 e. The Hall–Kier alpha value is -2.59. The maximum atomic E-state index is 12.1. The molecule has 10 heteroatoms. The van der Waals surface area contributed by atoms with Crippen LogP contribution in [0.5, 0.6) is 0 Å². The van der Waals surface area contributed by atoms with Gasteiger partial charge in [-0.3, -0.25) is 4.79 Å². The van der Waals surface area contributed by atoms with Crippen molar-refractivity contribution < 1.29 is 13.2 Å². The Bertz CT molecular complexity index is 1150. The van der Waals surface area contributed by atoms with Gasteiger partial charge >= 0.3 is 0 Å². The Morgan fingerprint density at radius 1 is 1.21 bits per heavy atom. The lowest BCUT2D eigenvalue weighted by Crippen LogP contribution is -2.36. The zero-order chi connectivity index (χ0) is 20.4. The van der Waals surface area contributed by atoms with E-state index in [1.165, 1.54) is 16.4 Å². The van der Waals surface area contributed by atoms with Crippen molar-refractivity contribution in [3.05, 3.63) is 53.9 Å². The van der Waals surface area contributed by atoms with Gasteiger partial charge in [0, 0.05) is 12.5 Å². The number of carbonyl (C=O) groups excluding carboxylic acids is 1. The number of rotatable bonds is 6. The van der Waals surface area contributed by atoms with Gasteiger partial charge in [0.1, 0.15) is 0 Å². The first-order valence-corrected chi connectivity index (χ1v) is 12.0. The molecule has 0 saturated carbocycles. The van der Waals surface area contributed by atoms with E-state index < -0.39 is 9.84 Å². The van der Waals surface area contributed by atoms with E-state index >= 15 is 0 Å². The highest BCUT2D eigenvalue weighted by molar-refractivity contribution is 7.99. The molecule has 0 aliphatic carbocycles. The number of aromatic nitrogens is 3. The minimum Gasteiger partial charge on any atom is -0.352 e. The topological polar surface area (TPSA) is 120 Å². The van der Waals surface area contributed by atoms with Crippen LogP contribution in [-0.2, 0) is 21.1 Å². The second-order valence-electron chi connectivity index (χ2n) is 7.04. The normalized spacial score (nSPS) is 18.1. The zero-order valence-corrected chi connectivity index (χ0v) is 17.2. The number of nitrogens with two attached hydrogens (primary N) is 1. The van der Waals surface area contributed by atoms with Crippen molar-refractivity contribution in [2.45, 2.75) is 24.0 Å². The lowest BCUT2D eigenvalue weighted by atomic mass is 10.0. The molecule has 0 radical (unpaired) electrons. The molecule has 3 N–H and O–H groups in total. The zero-order valence-electron chi connectivity index (χ0n) is 15.6. The first-order chi connectivity index (χ1) is 13.9. The average molecular weight is 432 g/mol. The second-order valence-corrected chi connectivity index (χ2v) is 10.2. The van der Waals surface area contributed by atoms with Crippen LogP contribution in [0.2, 0.25) is 0 Å². The molecule has 1 aliphatic heterocycles. The largest absolute Gasteiger partial charge is 0.352 e. The monoisotopic (exact) mass is 431 g/mol. The van der Waals surface area contributed by atoms with E-state index in [-0.39, 0.29) is 29.2 Å². The number of fused-ring (bicyclic) bond motifs is 1. The molecule has 0 unspecified atom stereocenters. The molecule has 2 heterocycles. The fourth-order valence-corrected chi connectivity index (χ4v) is 5.81. The number of nitrogens with zero attached hydrogens (tertiary/aromatic N) is 3. The summed E-state index contributed by atoms with van der Waals surface area (Å²) in [7, 11) is -3.03. The molecule has 152 valence electrons. The number of amides is 1. The summed E-state index contributed by atoms with van der Waals surface area (Å²) in [5.41, 5.74) is 1.10. The van der Waals surface area contributed by atoms with Crippen molar-refractivity contribution >= 4 is 38.3 Å². The predicted molar refractivity (Wildman–Crippen MR) is 113 cm³/mol.